The Morgan fingerprint density at radius 2 is 1.52 bits per heavy atom. The lowest BCUT2D eigenvalue weighted by molar-refractivity contribution is 0.0111. The van der Waals surface area contributed by atoms with Crippen LogP contribution in [0.2, 0.25) is 0 Å². The smallest absolute Gasteiger partial charge is 0.338 e. The van der Waals surface area contributed by atoms with Crippen LogP contribution in [-0.2, 0) is 4.74 Å². The van der Waals surface area contributed by atoms with Gasteiger partial charge in [0.15, 0.2) is 0 Å². The van der Waals surface area contributed by atoms with Gasteiger partial charge in [0, 0.05) is 5.92 Å². The van der Waals surface area contributed by atoms with Gasteiger partial charge in [-0.1, -0.05) is 83.1 Å². The lowest BCUT2D eigenvalue weighted by atomic mass is 9.88. The molecule has 3 unspecified atom stereocenters. The summed E-state index contributed by atoms with van der Waals surface area (Å²) in [6.07, 6.45) is 0.845. The van der Waals surface area contributed by atoms with Gasteiger partial charge in [0.1, 0.15) is 6.10 Å². The van der Waals surface area contributed by atoms with E-state index < -0.39 is 0 Å². The third-order valence-corrected chi connectivity index (χ3v) is 5.04. The van der Waals surface area contributed by atoms with E-state index in [4.69, 9.17) is 4.74 Å². The maximum absolute atomic E-state index is 12.9. The van der Waals surface area contributed by atoms with Crippen molar-refractivity contribution in [3.63, 3.8) is 0 Å². The summed E-state index contributed by atoms with van der Waals surface area (Å²) in [4.78, 5) is 12.9. The van der Waals surface area contributed by atoms with Crippen molar-refractivity contribution in [3.8, 4) is 0 Å². The second-order valence-corrected chi connectivity index (χ2v) is 7.21. The Labute approximate surface area is 152 Å². The predicted molar refractivity (Wildman–Crippen MR) is 104 cm³/mol. The zero-order valence-electron chi connectivity index (χ0n) is 16.0. The molecule has 0 bridgehead atoms. The Kier molecular flexibility index (Phi) is 6.81. The molecular weight excluding hydrogens is 308 g/mol. The van der Waals surface area contributed by atoms with Gasteiger partial charge in [-0.05, 0) is 35.4 Å². The standard InChI is InChI=1S/C23H30O2/c1-6-17(4)20-14-10-11-15-21(20)23(24)25-22(16(2)3)18(5)19-12-8-7-9-13-19/h7-18,22H,6H2,1-5H3. The zero-order chi connectivity index (χ0) is 18.4. The minimum Gasteiger partial charge on any atom is -0.458 e. The first-order chi connectivity index (χ1) is 12.0. The van der Waals surface area contributed by atoms with Crippen molar-refractivity contribution >= 4 is 5.97 Å². The highest BCUT2D eigenvalue weighted by atomic mass is 16.5. The van der Waals surface area contributed by atoms with Crippen LogP contribution in [0.25, 0.3) is 0 Å². The molecule has 0 aliphatic rings. The summed E-state index contributed by atoms with van der Waals surface area (Å²) in [7, 11) is 0. The summed E-state index contributed by atoms with van der Waals surface area (Å²) in [5, 5.41) is 0. The first-order valence-corrected chi connectivity index (χ1v) is 9.30. The van der Waals surface area contributed by atoms with Crippen LogP contribution in [0.1, 0.15) is 74.4 Å². The first kappa shape index (κ1) is 19.2. The molecule has 0 spiro atoms. The number of esters is 1. The Balaban J connectivity index is 2.25. The number of rotatable bonds is 7. The molecule has 0 heterocycles. The van der Waals surface area contributed by atoms with E-state index in [0.29, 0.717) is 11.5 Å². The molecule has 134 valence electrons. The summed E-state index contributed by atoms with van der Waals surface area (Å²) >= 11 is 0. The van der Waals surface area contributed by atoms with Crippen molar-refractivity contribution in [3.05, 3.63) is 71.3 Å². The maximum atomic E-state index is 12.9. The summed E-state index contributed by atoms with van der Waals surface area (Å²) in [6, 6.07) is 18.1. The van der Waals surface area contributed by atoms with Crippen LogP contribution >= 0.6 is 0 Å². The molecule has 0 aromatic heterocycles. The van der Waals surface area contributed by atoms with E-state index in [-0.39, 0.29) is 23.9 Å². The Morgan fingerprint density at radius 3 is 2.12 bits per heavy atom. The Morgan fingerprint density at radius 1 is 0.920 bits per heavy atom. The third kappa shape index (κ3) is 4.72. The lowest BCUT2D eigenvalue weighted by Gasteiger charge is -2.28. The van der Waals surface area contributed by atoms with Crippen molar-refractivity contribution in [2.45, 2.75) is 59.0 Å². The molecule has 2 nitrogen and oxygen atoms in total. The molecule has 2 aromatic carbocycles. The fourth-order valence-electron chi connectivity index (χ4n) is 3.28. The quantitative estimate of drug-likeness (QED) is 0.563. The van der Waals surface area contributed by atoms with Crippen LogP contribution in [0, 0.1) is 5.92 Å². The highest BCUT2D eigenvalue weighted by Crippen LogP contribution is 2.29. The highest BCUT2D eigenvalue weighted by Gasteiger charge is 2.27. The van der Waals surface area contributed by atoms with Gasteiger partial charge in [-0.15, -0.1) is 0 Å². The van der Waals surface area contributed by atoms with E-state index in [2.05, 4.69) is 46.8 Å². The Bertz CT molecular complexity index is 676. The molecule has 0 saturated carbocycles. The fraction of sp³-hybridized carbons (Fsp3) is 0.435. The Hall–Kier alpha value is -2.09. The molecule has 3 atom stereocenters. The highest BCUT2D eigenvalue weighted by molar-refractivity contribution is 5.91. The number of hydrogen-bond donors (Lipinski definition) is 0. The van der Waals surface area contributed by atoms with Gasteiger partial charge in [0.05, 0.1) is 5.56 Å². The monoisotopic (exact) mass is 338 g/mol. The van der Waals surface area contributed by atoms with Gasteiger partial charge in [-0.2, -0.15) is 0 Å². The van der Waals surface area contributed by atoms with E-state index in [1.165, 1.54) is 5.56 Å². The molecule has 2 rings (SSSR count). The van der Waals surface area contributed by atoms with Gasteiger partial charge >= 0.3 is 5.97 Å². The van der Waals surface area contributed by atoms with Crippen LogP contribution in [0.5, 0.6) is 0 Å². The molecule has 2 aromatic rings. The largest absolute Gasteiger partial charge is 0.458 e. The van der Waals surface area contributed by atoms with Crippen LogP contribution in [-0.4, -0.2) is 12.1 Å². The molecule has 0 aliphatic carbocycles. The summed E-state index contributed by atoms with van der Waals surface area (Å²) in [6.45, 7) is 10.6. The molecule has 0 aliphatic heterocycles. The van der Waals surface area contributed by atoms with E-state index in [1.54, 1.807) is 0 Å². The van der Waals surface area contributed by atoms with E-state index >= 15 is 0 Å². The van der Waals surface area contributed by atoms with Crippen LogP contribution < -0.4 is 0 Å². The number of carbonyl (C=O) groups is 1. The van der Waals surface area contributed by atoms with Gasteiger partial charge < -0.3 is 4.74 Å². The maximum Gasteiger partial charge on any atom is 0.338 e. The number of carbonyl (C=O) groups excluding carboxylic acids is 1. The zero-order valence-corrected chi connectivity index (χ0v) is 16.0. The van der Waals surface area contributed by atoms with E-state index in [0.717, 1.165) is 12.0 Å². The molecule has 0 saturated heterocycles. The fourth-order valence-corrected chi connectivity index (χ4v) is 3.28. The summed E-state index contributed by atoms with van der Waals surface area (Å²) in [5.74, 6) is 0.529. The van der Waals surface area contributed by atoms with Crippen molar-refractivity contribution in [2.24, 2.45) is 5.92 Å². The van der Waals surface area contributed by atoms with Crippen LogP contribution in [0.3, 0.4) is 0 Å². The molecule has 2 heteroatoms. The topological polar surface area (TPSA) is 26.3 Å². The van der Waals surface area contributed by atoms with Crippen molar-refractivity contribution in [1.29, 1.82) is 0 Å². The van der Waals surface area contributed by atoms with E-state index in [9.17, 15) is 4.79 Å². The predicted octanol–water partition coefficient (Wildman–Crippen LogP) is 6.19. The number of ether oxygens (including phenoxy) is 1. The first-order valence-electron chi connectivity index (χ1n) is 9.30. The molecule has 0 fully saturated rings. The molecule has 25 heavy (non-hydrogen) atoms. The second kappa shape index (κ2) is 8.84. The minimum atomic E-state index is -0.211. The number of benzene rings is 2. The summed E-state index contributed by atoms with van der Waals surface area (Å²) < 4.78 is 6.01. The normalized spacial score (nSPS) is 14.8. The number of hydrogen-bond acceptors (Lipinski definition) is 2. The van der Waals surface area contributed by atoms with Gasteiger partial charge in [0.2, 0.25) is 0 Å². The molecule has 0 N–H and O–H groups in total. The molecule has 0 radical (unpaired) electrons. The SMILES string of the molecule is CCC(C)c1ccccc1C(=O)OC(C(C)C)C(C)c1ccccc1. The van der Waals surface area contributed by atoms with Gasteiger partial charge in [-0.3, -0.25) is 0 Å². The molecule has 0 amide bonds. The molecular formula is C23H30O2. The summed E-state index contributed by atoms with van der Waals surface area (Å²) in [5.41, 5.74) is 2.97. The van der Waals surface area contributed by atoms with Crippen LogP contribution in [0.4, 0.5) is 0 Å². The second-order valence-electron chi connectivity index (χ2n) is 7.21. The third-order valence-electron chi connectivity index (χ3n) is 5.04. The van der Waals surface area contributed by atoms with Crippen molar-refractivity contribution < 1.29 is 9.53 Å². The van der Waals surface area contributed by atoms with Crippen molar-refractivity contribution in [1.82, 2.24) is 0 Å². The van der Waals surface area contributed by atoms with Crippen molar-refractivity contribution in [2.75, 3.05) is 0 Å². The lowest BCUT2D eigenvalue weighted by Crippen LogP contribution is -2.29. The van der Waals surface area contributed by atoms with Gasteiger partial charge in [-0.25, -0.2) is 4.79 Å². The van der Waals surface area contributed by atoms with Crippen LogP contribution in [0.15, 0.2) is 54.6 Å². The van der Waals surface area contributed by atoms with Gasteiger partial charge in [0.25, 0.3) is 0 Å². The average molecular weight is 338 g/mol. The van der Waals surface area contributed by atoms with E-state index in [1.807, 2.05) is 42.5 Å². The minimum absolute atomic E-state index is 0.153. The average Bonchev–Trinajstić information content (AvgIpc) is 2.65.